The molecule has 2 aromatic carbocycles. The molecule has 1 aliphatic heterocycles. The van der Waals surface area contributed by atoms with Gasteiger partial charge in [-0.05, 0) is 36.8 Å². The zero-order valence-corrected chi connectivity index (χ0v) is 14.8. The summed E-state index contributed by atoms with van der Waals surface area (Å²) in [6.07, 6.45) is -0.279. The van der Waals surface area contributed by atoms with Gasteiger partial charge in [-0.1, -0.05) is 41.9 Å². The fraction of sp³-hybridized carbons (Fsp3) is 0.278. The fourth-order valence-corrected chi connectivity index (χ4v) is 2.89. The third kappa shape index (κ3) is 4.49. The maximum absolute atomic E-state index is 13.0. The van der Waals surface area contributed by atoms with Gasteiger partial charge in [-0.2, -0.15) is 5.53 Å². The second kappa shape index (κ2) is 8.31. The monoisotopic (exact) mass is 359 g/mol. The largest absolute Gasteiger partial charge is 0.367 e. The van der Waals surface area contributed by atoms with Crippen molar-refractivity contribution in [3.63, 3.8) is 0 Å². The van der Waals surface area contributed by atoms with Crippen LogP contribution in [-0.4, -0.2) is 29.6 Å². The summed E-state index contributed by atoms with van der Waals surface area (Å²) >= 11 is 5.92. The van der Waals surface area contributed by atoms with Gasteiger partial charge in [0.2, 0.25) is 5.91 Å². The molecular weight excluding hydrogens is 338 g/mol. The van der Waals surface area contributed by atoms with Crippen LogP contribution >= 0.6 is 11.6 Å². The number of likely N-dealkylation sites (N-methyl/N-ethyl adjacent to an activating group) is 1. The van der Waals surface area contributed by atoms with Gasteiger partial charge in [-0.15, -0.1) is 0 Å². The van der Waals surface area contributed by atoms with E-state index in [9.17, 15) is 4.79 Å². The Bertz CT molecular complexity index is 694. The first-order valence-corrected chi connectivity index (χ1v) is 8.66. The quantitative estimate of drug-likeness (QED) is 0.636. The van der Waals surface area contributed by atoms with Gasteiger partial charge in [-0.3, -0.25) is 4.79 Å². The maximum Gasteiger partial charge on any atom is 0.244 e. The molecule has 1 aliphatic rings. The first-order chi connectivity index (χ1) is 12.2. The maximum atomic E-state index is 13.0. The summed E-state index contributed by atoms with van der Waals surface area (Å²) in [5.74, 6) is 0.0234. The molecule has 1 fully saturated rings. The van der Waals surface area contributed by atoms with Crippen LogP contribution in [0.15, 0.2) is 54.6 Å². The summed E-state index contributed by atoms with van der Waals surface area (Å²) in [6.45, 7) is 3.21. The van der Waals surface area contributed by atoms with E-state index in [-0.39, 0.29) is 12.1 Å². The van der Waals surface area contributed by atoms with Crippen LogP contribution < -0.4 is 21.7 Å². The van der Waals surface area contributed by atoms with Crippen molar-refractivity contribution >= 4 is 23.2 Å². The van der Waals surface area contributed by atoms with Crippen LogP contribution in [0.25, 0.3) is 0 Å². The van der Waals surface area contributed by atoms with E-state index >= 15 is 0 Å². The molecule has 2 aromatic rings. The van der Waals surface area contributed by atoms with E-state index in [0.29, 0.717) is 18.1 Å². The third-order valence-corrected chi connectivity index (χ3v) is 4.38. The average Bonchev–Trinajstić information content (AvgIpc) is 3.10. The van der Waals surface area contributed by atoms with E-state index in [2.05, 4.69) is 21.7 Å². The minimum Gasteiger partial charge on any atom is -0.367 e. The summed E-state index contributed by atoms with van der Waals surface area (Å²) in [4.78, 5) is 14.8. The second-order valence-corrected chi connectivity index (χ2v) is 6.29. The minimum atomic E-state index is -0.431. The highest BCUT2D eigenvalue weighted by Gasteiger charge is 2.35. The van der Waals surface area contributed by atoms with Crippen molar-refractivity contribution in [3.8, 4) is 0 Å². The SMILES string of the molecule is CCN(Cc1ccccc1)C(=O)C1NNNC1Nc1ccc(Cl)cc1. The van der Waals surface area contributed by atoms with Crippen molar-refractivity contribution in [2.75, 3.05) is 11.9 Å². The Morgan fingerprint density at radius 3 is 2.52 bits per heavy atom. The Labute approximate surface area is 152 Å². The Balaban J connectivity index is 1.67. The van der Waals surface area contributed by atoms with Gasteiger partial charge >= 0.3 is 0 Å². The van der Waals surface area contributed by atoms with Gasteiger partial charge < -0.3 is 10.2 Å². The zero-order chi connectivity index (χ0) is 17.6. The van der Waals surface area contributed by atoms with Crippen molar-refractivity contribution in [1.29, 1.82) is 0 Å². The number of rotatable bonds is 6. The molecule has 0 aromatic heterocycles. The van der Waals surface area contributed by atoms with E-state index < -0.39 is 6.04 Å². The van der Waals surface area contributed by atoms with Crippen LogP contribution in [0.4, 0.5) is 5.69 Å². The molecule has 1 amide bonds. The number of hydrogen-bond donors (Lipinski definition) is 4. The smallest absolute Gasteiger partial charge is 0.244 e. The highest BCUT2D eigenvalue weighted by Crippen LogP contribution is 2.16. The predicted molar refractivity (Wildman–Crippen MR) is 99.6 cm³/mol. The highest BCUT2D eigenvalue weighted by molar-refractivity contribution is 6.30. The van der Waals surface area contributed by atoms with Crippen LogP contribution in [0.3, 0.4) is 0 Å². The fourth-order valence-electron chi connectivity index (χ4n) is 2.76. The molecule has 2 atom stereocenters. The van der Waals surface area contributed by atoms with Crippen molar-refractivity contribution < 1.29 is 4.79 Å². The number of carbonyl (C=O) groups is 1. The standard InChI is InChI=1S/C18H22ClN5O/c1-2-24(12-13-6-4-3-5-7-13)18(25)16-17(22-23-21-16)20-15-10-8-14(19)9-11-15/h3-11,16-17,20-23H,2,12H2,1H3. The normalized spacial score (nSPS) is 19.6. The topological polar surface area (TPSA) is 68.4 Å². The van der Waals surface area contributed by atoms with E-state index in [1.165, 1.54) is 0 Å². The van der Waals surface area contributed by atoms with Gasteiger partial charge in [-0.25, -0.2) is 10.9 Å². The molecule has 2 unspecified atom stereocenters. The van der Waals surface area contributed by atoms with Crippen LogP contribution in [0.1, 0.15) is 12.5 Å². The first-order valence-electron chi connectivity index (χ1n) is 8.28. The van der Waals surface area contributed by atoms with Crippen molar-refractivity contribution in [2.24, 2.45) is 0 Å². The molecule has 1 heterocycles. The number of hydrogen-bond acceptors (Lipinski definition) is 5. The van der Waals surface area contributed by atoms with Crippen molar-refractivity contribution in [3.05, 3.63) is 65.2 Å². The summed E-state index contributed by atoms with van der Waals surface area (Å²) < 4.78 is 0. The molecular formula is C18H22ClN5O. The Morgan fingerprint density at radius 2 is 1.84 bits per heavy atom. The average molecular weight is 360 g/mol. The van der Waals surface area contributed by atoms with Gasteiger partial charge in [0, 0.05) is 23.8 Å². The number of hydrazine groups is 2. The second-order valence-electron chi connectivity index (χ2n) is 5.86. The molecule has 3 rings (SSSR count). The van der Waals surface area contributed by atoms with Crippen LogP contribution in [0.5, 0.6) is 0 Å². The molecule has 7 heteroatoms. The molecule has 0 radical (unpaired) electrons. The third-order valence-electron chi connectivity index (χ3n) is 4.13. The van der Waals surface area contributed by atoms with Crippen molar-refractivity contribution in [2.45, 2.75) is 25.7 Å². The molecule has 1 saturated heterocycles. The van der Waals surface area contributed by atoms with Gasteiger partial charge in [0.05, 0.1) is 0 Å². The Morgan fingerprint density at radius 1 is 1.12 bits per heavy atom. The number of nitrogens with one attached hydrogen (secondary N) is 4. The van der Waals surface area contributed by atoms with E-state index in [4.69, 9.17) is 11.6 Å². The number of nitrogens with zero attached hydrogens (tertiary/aromatic N) is 1. The number of benzene rings is 2. The highest BCUT2D eigenvalue weighted by atomic mass is 35.5. The lowest BCUT2D eigenvalue weighted by Crippen LogP contribution is -2.51. The van der Waals surface area contributed by atoms with Crippen LogP contribution in [0, 0.1) is 0 Å². The summed E-state index contributed by atoms with van der Waals surface area (Å²) in [6, 6.07) is 16.9. The molecule has 0 spiro atoms. The molecule has 6 nitrogen and oxygen atoms in total. The number of amides is 1. The molecule has 0 bridgehead atoms. The van der Waals surface area contributed by atoms with Crippen molar-refractivity contribution in [1.82, 2.24) is 21.3 Å². The lowest BCUT2D eigenvalue weighted by molar-refractivity contribution is -0.133. The lowest BCUT2D eigenvalue weighted by Gasteiger charge is -2.27. The molecule has 4 N–H and O–H groups in total. The number of carbonyl (C=O) groups excluding carboxylic acids is 1. The van der Waals surface area contributed by atoms with Gasteiger partial charge in [0.15, 0.2) is 0 Å². The predicted octanol–water partition coefficient (Wildman–Crippen LogP) is 2.11. The summed E-state index contributed by atoms with van der Waals surface area (Å²) in [5.41, 5.74) is 10.9. The Hall–Kier alpha value is -2.12. The molecule has 25 heavy (non-hydrogen) atoms. The van der Waals surface area contributed by atoms with E-state index in [0.717, 1.165) is 11.3 Å². The minimum absolute atomic E-state index is 0.0234. The zero-order valence-electron chi connectivity index (χ0n) is 14.0. The van der Waals surface area contributed by atoms with Crippen LogP contribution in [0.2, 0.25) is 5.02 Å². The Kier molecular flexibility index (Phi) is 5.88. The van der Waals surface area contributed by atoms with E-state index in [1.807, 2.05) is 66.4 Å². The van der Waals surface area contributed by atoms with E-state index in [1.54, 1.807) is 0 Å². The van der Waals surface area contributed by atoms with Gasteiger partial charge in [0.1, 0.15) is 12.2 Å². The number of anilines is 1. The molecule has 132 valence electrons. The molecule has 0 saturated carbocycles. The molecule has 0 aliphatic carbocycles. The first kappa shape index (κ1) is 17.7. The summed E-state index contributed by atoms with van der Waals surface area (Å²) in [5, 5.41) is 3.97. The lowest BCUT2D eigenvalue weighted by atomic mass is 10.1. The van der Waals surface area contributed by atoms with Gasteiger partial charge in [0.25, 0.3) is 0 Å². The van der Waals surface area contributed by atoms with Crippen LogP contribution in [-0.2, 0) is 11.3 Å². The summed E-state index contributed by atoms with van der Waals surface area (Å²) in [7, 11) is 0. The number of halogens is 1.